The molecule has 0 atom stereocenters. The van der Waals surface area contributed by atoms with Crippen molar-refractivity contribution in [1.29, 1.82) is 5.26 Å². The first kappa shape index (κ1) is 14.1. The molecule has 2 heterocycles. The first-order chi connectivity index (χ1) is 10.2. The third-order valence-electron chi connectivity index (χ3n) is 3.26. The molecule has 0 aliphatic rings. The average molecular weight is 362 g/mol. The van der Waals surface area contributed by atoms with Gasteiger partial charge >= 0.3 is 0 Å². The number of hydrogen-bond acceptors (Lipinski definition) is 3. The highest BCUT2D eigenvalue weighted by Crippen LogP contribution is 2.26. The average Bonchev–Trinajstić information content (AvgIpc) is 2.84. The van der Waals surface area contributed by atoms with Crippen LogP contribution in [0.1, 0.15) is 17.0 Å². The minimum Gasteiger partial charge on any atom is -0.278 e. The standard InChI is InChI=1S/C15H10BrClN4/c1-9-3-2-4-13(11(9)7-18)21-14(6-17)20-12-5-10(16)8-19-15(12)21/h2-5,8H,6H2,1H3. The van der Waals surface area contributed by atoms with E-state index in [1.807, 2.05) is 35.8 Å². The van der Waals surface area contributed by atoms with Gasteiger partial charge in [0.25, 0.3) is 0 Å². The molecule has 104 valence electrons. The number of aromatic nitrogens is 3. The number of imidazole rings is 1. The Kier molecular flexibility index (Phi) is 3.66. The second-order valence-electron chi connectivity index (χ2n) is 4.57. The largest absolute Gasteiger partial charge is 0.278 e. The fraction of sp³-hybridized carbons (Fsp3) is 0.133. The number of pyridine rings is 1. The molecule has 4 nitrogen and oxygen atoms in total. The van der Waals surface area contributed by atoms with Crippen molar-refractivity contribution >= 4 is 38.7 Å². The molecule has 0 radical (unpaired) electrons. The van der Waals surface area contributed by atoms with Crippen LogP contribution >= 0.6 is 27.5 Å². The van der Waals surface area contributed by atoms with Crippen LogP contribution in [0.15, 0.2) is 34.9 Å². The molecule has 0 saturated carbocycles. The van der Waals surface area contributed by atoms with Crippen LogP contribution in [0.25, 0.3) is 16.9 Å². The van der Waals surface area contributed by atoms with Crippen LogP contribution in [-0.4, -0.2) is 14.5 Å². The summed E-state index contributed by atoms with van der Waals surface area (Å²) in [5.41, 5.74) is 3.70. The van der Waals surface area contributed by atoms with Crippen LogP contribution in [0.2, 0.25) is 0 Å². The van der Waals surface area contributed by atoms with Crippen LogP contribution in [0.5, 0.6) is 0 Å². The molecule has 0 saturated heterocycles. The Balaban J connectivity index is 2.40. The zero-order valence-corrected chi connectivity index (χ0v) is 13.5. The summed E-state index contributed by atoms with van der Waals surface area (Å²) in [5, 5.41) is 9.43. The Morgan fingerprint density at radius 2 is 2.24 bits per heavy atom. The van der Waals surface area contributed by atoms with Gasteiger partial charge < -0.3 is 0 Å². The summed E-state index contributed by atoms with van der Waals surface area (Å²) >= 11 is 9.41. The Hall–Kier alpha value is -1.90. The summed E-state index contributed by atoms with van der Waals surface area (Å²) in [6.45, 7) is 1.91. The zero-order chi connectivity index (χ0) is 15.0. The van der Waals surface area contributed by atoms with E-state index in [1.165, 1.54) is 0 Å². The maximum Gasteiger partial charge on any atom is 0.164 e. The van der Waals surface area contributed by atoms with Gasteiger partial charge in [-0.3, -0.25) is 4.57 Å². The molecule has 21 heavy (non-hydrogen) atoms. The van der Waals surface area contributed by atoms with E-state index in [9.17, 15) is 5.26 Å². The molecule has 0 aliphatic carbocycles. The van der Waals surface area contributed by atoms with E-state index in [4.69, 9.17) is 11.6 Å². The van der Waals surface area contributed by atoms with E-state index in [2.05, 4.69) is 32.0 Å². The highest BCUT2D eigenvalue weighted by molar-refractivity contribution is 9.10. The van der Waals surface area contributed by atoms with Crippen molar-refractivity contribution in [2.45, 2.75) is 12.8 Å². The van der Waals surface area contributed by atoms with Gasteiger partial charge in [0.15, 0.2) is 5.65 Å². The van der Waals surface area contributed by atoms with Crippen molar-refractivity contribution < 1.29 is 0 Å². The van der Waals surface area contributed by atoms with Crippen molar-refractivity contribution in [3.8, 4) is 11.8 Å². The maximum atomic E-state index is 9.43. The predicted octanol–water partition coefficient (Wildman–Crippen LogP) is 4.10. The fourth-order valence-electron chi connectivity index (χ4n) is 2.31. The second kappa shape index (κ2) is 5.47. The van der Waals surface area contributed by atoms with Crippen molar-refractivity contribution in [2.75, 3.05) is 0 Å². The molecular formula is C15H10BrClN4. The lowest BCUT2D eigenvalue weighted by atomic mass is 10.1. The van der Waals surface area contributed by atoms with E-state index in [0.717, 1.165) is 21.2 Å². The molecule has 1 aromatic carbocycles. The third kappa shape index (κ3) is 2.31. The number of aryl methyl sites for hydroxylation is 1. The molecule has 0 spiro atoms. The maximum absolute atomic E-state index is 9.43. The third-order valence-corrected chi connectivity index (χ3v) is 3.93. The van der Waals surface area contributed by atoms with Gasteiger partial charge in [0.1, 0.15) is 17.4 Å². The van der Waals surface area contributed by atoms with Gasteiger partial charge in [0, 0.05) is 10.7 Å². The molecule has 0 unspecified atom stereocenters. The predicted molar refractivity (Wildman–Crippen MR) is 85.6 cm³/mol. The number of benzene rings is 1. The van der Waals surface area contributed by atoms with E-state index in [0.29, 0.717) is 17.0 Å². The number of halogens is 2. The topological polar surface area (TPSA) is 54.5 Å². The molecule has 6 heteroatoms. The summed E-state index contributed by atoms with van der Waals surface area (Å²) in [6, 6.07) is 9.84. The van der Waals surface area contributed by atoms with E-state index >= 15 is 0 Å². The number of hydrogen-bond donors (Lipinski definition) is 0. The smallest absolute Gasteiger partial charge is 0.164 e. The van der Waals surface area contributed by atoms with Crippen LogP contribution < -0.4 is 0 Å². The minimum atomic E-state index is 0.243. The van der Waals surface area contributed by atoms with Crippen LogP contribution in [-0.2, 0) is 5.88 Å². The lowest BCUT2D eigenvalue weighted by Crippen LogP contribution is -2.04. The molecule has 0 aliphatic heterocycles. The molecule has 2 aromatic heterocycles. The normalized spacial score (nSPS) is 10.8. The van der Waals surface area contributed by atoms with Crippen molar-refractivity contribution in [3.05, 3.63) is 51.9 Å². The van der Waals surface area contributed by atoms with Gasteiger partial charge in [-0.1, -0.05) is 12.1 Å². The zero-order valence-electron chi connectivity index (χ0n) is 11.1. The number of nitriles is 1. The van der Waals surface area contributed by atoms with Crippen LogP contribution in [0.3, 0.4) is 0 Å². The molecule has 0 amide bonds. The first-order valence-corrected chi connectivity index (χ1v) is 7.57. The number of alkyl halides is 1. The molecule has 0 bridgehead atoms. The van der Waals surface area contributed by atoms with Crippen molar-refractivity contribution in [2.24, 2.45) is 0 Å². The second-order valence-corrected chi connectivity index (χ2v) is 5.76. The molecule has 3 aromatic rings. The van der Waals surface area contributed by atoms with Gasteiger partial charge in [0.2, 0.25) is 0 Å². The summed E-state index contributed by atoms with van der Waals surface area (Å²) in [4.78, 5) is 8.92. The summed E-state index contributed by atoms with van der Waals surface area (Å²) in [5.74, 6) is 0.909. The Bertz CT molecular complexity index is 879. The van der Waals surface area contributed by atoms with Gasteiger partial charge in [-0.25, -0.2) is 9.97 Å². The fourth-order valence-corrected chi connectivity index (χ4v) is 2.81. The summed E-state index contributed by atoms with van der Waals surface area (Å²) in [7, 11) is 0. The first-order valence-electron chi connectivity index (χ1n) is 6.24. The summed E-state index contributed by atoms with van der Waals surface area (Å²) in [6.07, 6.45) is 1.71. The van der Waals surface area contributed by atoms with Crippen LogP contribution in [0.4, 0.5) is 0 Å². The number of fused-ring (bicyclic) bond motifs is 1. The monoisotopic (exact) mass is 360 g/mol. The van der Waals surface area contributed by atoms with Gasteiger partial charge in [-0.05, 0) is 40.5 Å². The number of rotatable bonds is 2. The molecular weight excluding hydrogens is 352 g/mol. The Morgan fingerprint density at radius 3 is 2.95 bits per heavy atom. The molecule has 3 rings (SSSR count). The van der Waals surface area contributed by atoms with Gasteiger partial charge in [0.05, 0.1) is 17.1 Å². The van der Waals surface area contributed by atoms with E-state index in [-0.39, 0.29) is 5.88 Å². The quantitative estimate of drug-likeness (QED) is 0.646. The van der Waals surface area contributed by atoms with Crippen molar-refractivity contribution in [3.63, 3.8) is 0 Å². The number of nitrogens with zero attached hydrogens (tertiary/aromatic N) is 4. The highest BCUT2D eigenvalue weighted by Gasteiger charge is 2.16. The molecule has 0 N–H and O–H groups in total. The Labute approximate surface area is 135 Å². The minimum absolute atomic E-state index is 0.243. The van der Waals surface area contributed by atoms with Crippen LogP contribution in [0, 0.1) is 18.3 Å². The van der Waals surface area contributed by atoms with Gasteiger partial charge in [-0.15, -0.1) is 11.6 Å². The Morgan fingerprint density at radius 1 is 1.43 bits per heavy atom. The molecule has 0 fully saturated rings. The lowest BCUT2D eigenvalue weighted by Gasteiger charge is -2.10. The van der Waals surface area contributed by atoms with E-state index < -0.39 is 0 Å². The SMILES string of the molecule is Cc1cccc(-n2c(CCl)nc3cc(Br)cnc32)c1C#N. The van der Waals surface area contributed by atoms with Crippen molar-refractivity contribution in [1.82, 2.24) is 14.5 Å². The van der Waals surface area contributed by atoms with Gasteiger partial charge in [-0.2, -0.15) is 5.26 Å². The lowest BCUT2D eigenvalue weighted by molar-refractivity contribution is 0.963. The summed E-state index contributed by atoms with van der Waals surface area (Å²) < 4.78 is 2.70. The highest BCUT2D eigenvalue weighted by atomic mass is 79.9. The van der Waals surface area contributed by atoms with E-state index in [1.54, 1.807) is 6.20 Å².